The van der Waals surface area contributed by atoms with Crippen LogP contribution in [-0.2, 0) is 0 Å². The van der Waals surface area contributed by atoms with Gasteiger partial charge < -0.3 is 15.8 Å². The van der Waals surface area contributed by atoms with E-state index in [-0.39, 0.29) is 0 Å². The number of methoxy groups -OCH3 is 1. The Morgan fingerprint density at radius 3 is 2.94 bits per heavy atom. The molecule has 6 nitrogen and oxygen atoms in total. The number of nitrogens with zero attached hydrogens (tertiary/aromatic N) is 3. The highest BCUT2D eigenvalue weighted by Gasteiger charge is 2.11. The third-order valence-corrected chi connectivity index (χ3v) is 3.80. The molecular weight excluding hydrogens is 250 g/mol. The molecule has 3 N–H and O–H groups in total. The average molecular weight is 269 g/mol. The summed E-state index contributed by atoms with van der Waals surface area (Å²) in [7, 11) is 1.57. The summed E-state index contributed by atoms with van der Waals surface area (Å²) < 4.78 is 5.19. The van der Waals surface area contributed by atoms with E-state index >= 15 is 0 Å². The largest absolute Gasteiger partial charge is 0.490 e. The van der Waals surface area contributed by atoms with Crippen LogP contribution < -0.4 is 15.8 Å². The normalized spacial score (nSPS) is 16.5. The minimum absolute atomic E-state index is 0.365. The Balaban J connectivity index is 1.84. The van der Waals surface area contributed by atoms with E-state index in [9.17, 15) is 0 Å². The van der Waals surface area contributed by atoms with Crippen molar-refractivity contribution in [2.45, 2.75) is 0 Å². The number of nitrogens with one attached hydrogen (secondary N) is 1. The van der Waals surface area contributed by atoms with Crippen LogP contribution in [0.2, 0.25) is 0 Å². The fourth-order valence-electron chi connectivity index (χ4n) is 1.87. The van der Waals surface area contributed by atoms with E-state index in [1.54, 1.807) is 7.11 Å². The van der Waals surface area contributed by atoms with Crippen LogP contribution in [0.5, 0.6) is 5.75 Å². The van der Waals surface area contributed by atoms with E-state index in [1.807, 2.05) is 11.8 Å². The number of nitrogen functional groups attached to an aromatic ring is 1. The first-order chi connectivity index (χ1) is 8.81. The summed E-state index contributed by atoms with van der Waals surface area (Å²) in [5.41, 5.74) is 5.72. The van der Waals surface area contributed by atoms with E-state index in [1.165, 1.54) is 17.8 Å². The third kappa shape index (κ3) is 3.39. The zero-order valence-corrected chi connectivity index (χ0v) is 11.4. The van der Waals surface area contributed by atoms with Gasteiger partial charge in [0.2, 0.25) is 5.75 Å². The summed E-state index contributed by atoms with van der Waals surface area (Å²) >= 11 is 2.02. The molecule has 1 fully saturated rings. The molecule has 0 radical (unpaired) electrons. The van der Waals surface area contributed by atoms with Crippen molar-refractivity contribution in [2.24, 2.45) is 0 Å². The average Bonchev–Trinajstić information content (AvgIpc) is 2.40. The third-order valence-electron chi connectivity index (χ3n) is 2.86. The molecule has 0 amide bonds. The van der Waals surface area contributed by atoms with Crippen LogP contribution in [0.4, 0.5) is 11.6 Å². The number of anilines is 2. The summed E-state index contributed by atoms with van der Waals surface area (Å²) in [4.78, 5) is 10.5. The zero-order valence-electron chi connectivity index (χ0n) is 10.6. The first kappa shape index (κ1) is 13.2. The molecule has 0 aromatic carbocycles. The van der Waals surface area contributed by atoms with Gasteiger partial charge in [0.05, 0.1) is 7.11 Å². The highest BCUT2D eigenvalue weighted by atomic mass is 32.2. The lowest BCUT2D eigenvalue weighted by Crippen LogP contribution is -2.36. The van der Waals surface area contributed by atoms with Gasteiger partial charge in [-0.2, -0.15) is 11.8 Å². The Morgan fingerprint density at radius 1 is 1.44 bits per heavy atom. The number of rotatable bonds is 5. The van der Waals surface area contributed by atoms with Crippen LogP contribution in [0.3, 0.4) is 0 Å². The number of hydrogen-bond acceptors (Lipinski definition) is 7. The van der Waals surface area contributed by atoms with Crippen molar-refractivity contribution in [3.05, 3.63) is 6.33 Å². The molecule has 0 spiro atoms. The standard InChI is InChI=1S/C11H19N5OS/c1-17-9-10(12)14-8-15-11(9)13-2-3-16-4-6-18-7-5-16/h8H,2-7H2,1H3,(H3,12,13,14,15). The lowest BCUT2D eigenvalue weighted by atomic mass is 10.4. The predicted octanol–water partition coefficient (Wildman–Crippen LogP) is 0.528. The summed E-state index contributed by atoms with van der Waals surface area (Å²) in [5.74, 6) is 4.00. The Labute approximate surface area is 111 Å². The second-order valence-electron chi connectivity index (χ2n) is 4.02. The molecule has 7 heteroatoms. The van der Waals surface area contributed by atoms with Gasteiger partial charge in [-0.3, -0.25) is 4.90 Å². The van der Waals surface area contributed by atoms with E-state index in [2.05, 4.69) is 20.2 Å². The Morgan fingerprint density at radius 2 is 2.22 bits per heavy atom. The van der Waals surface area contributed by atoms with Gasteiger partial charge in [0.15, 0.2) is 11.6 Å². The zero-order chi connectivity index (χ0) is 12.8. The second-order valence-corrected chi connectivity index (χ2v) is 5.25. The molecule has 100 valence electrons. The van der Waals surface area contributed by atoms with Crippen molar-refractivity contribution >= 4 is 23.4 Å². The van der Waals surface area contributed by atoms with Gasteiger partial charge in [0.25, 0.3) is 0 Å². The molecule has 2 heterocycles. The number of ether oxygens (including phenoxy) is 1. The molecule has 0 saturated carbocycles. The van der Waals surface area contributed by atoms with Crippen molar-refractivity contribution in [1.29, 1.82) is 0 Å². The maximum atomic E-state index is 5.72. The number of thioether (sulfide) groups is 1. The van der Waals surface area contributed by atoms with Crippen molar-refractivity contribution in [1.82, 2.24) is 14.9 Å². The van der Waals surface area contributed by atoms with Gasteiger partial charge in [-0.15, -0.1) is 0 Å². The molecule has 0 atom stereocenters. The van der Waals surface area contributed by atoms with E-state index in [0.29, 0.717) is 17.4 Å². The maximum Gasteiger partial charge on any atom is 0.203 e. The Kier molecular flexibility index (Phi) is 4.89. The van der Waals surface area contributed by atoms with Gasteiger partial charge in [0, 0.05) is 37.7 Å². The Bertz CT molecular complexity index is 384. The van der Waals surface area contributed by atoms with Gasteiger partial charge in [-0.05, 0) is 0 Å². The number of aromatic nitrogens is 2. The number of hydrogen-bond donors (Lipinski definition) is 2. The second kappa shape index (κ2) is 6.65. The first-order valence-electron chi connectivity index (χ1n) is 5.99. The van der Waals surface area contributed by atoms with Crippen molar-refractivity contribution in [3.8, 4) is 5.75 Å². The molecule has 0 aliphatic carbocycles. The van der Waals surface area contributed by atoms with Gasteiger partial charge in [-0.25, -0.2) is 9.97 Å². The fraction of sp³-hybridized carbons (Fsp3) is 0.636. The highest BCUT2D eigenvalue weighted by molar-refractivity contribution is 7.99. The van der Waals surface area contributed by atoms with Crippen molar-refractivity contribution in [3.63, 3.8) is 0 Å². The molecule has 1 aliphatic heterocycles. The Hall–Kier alpha value is -1.21. The smallest absolute Gasteiger partial charge is 0.203 e. The topological polar surface area (TPSA) is 76.3 Å². The van der Waals surface area contributed by atoms with E-state index in [4.69, 9.17) is 10.5 Å². The summed E-state index contributed by atoms with van der Waals surface area (Å²) in [5, 5.41) is 3.25. The van der Waals surface area contributed by atoms with Gasteiger partial charge >= 0.3 is 0 Å². The SMILES string of the molecule is COc1c(N)ncnc1NCCN1CCSCC1. The fourth-order valence-corrected chi connectivity index (χ4v) is 2.85. The number of nitrogens with two attached hydrogens (primary N) is 1. The minimum atomic E-state index is 0.365. The quantitative estimate of drug-likeness (QED) is 0.807. The lowest BCUT2D eigenvalue weighted by Gasteiger charge is -2.26. The first-order valence-corrected chi connectivity index (χ1v) is 7.15. The van der Waals surface area contributed by atoms with Gasteiger partial charge in [-0.1, -0.05) is 0 Å². The summed E-state index contributed by atoms with van der Waals surface area (Å²) in [6.45, 7) is 4.16. The highest BCUT2D eigenvalue weighted by Crippen LogP contribution is 2.25. The molecular formula is C11H19N5OS. The maximum absolute atomic E-state index is 5.72. The molecule has 18 heavy (non-hydrogen) atoms. The van der Waals surface area contributed by atoms with E-state index < -0.39 is 0 Å². The monoisotopic (exact) mass is 269 g/mol. The molecule has 1 aromatic rings. The molecule has 0 unspecified atom stereocenters. The summed E-state index contributed by atoms with van der Waals surface area (Å²) in [6, 6.07) is 0. The van der Waals surface area contributed by atoms with Crippen LogP contribution >= 0.6 is 11.8 Å². The molecule has 0 bridgehead atoms. The van der Waals surface area contributed by atoms with Gasteiger partial charge in [0.1, 0.15) is 6.33 Å². The minimum Gasteiger partial charge on any atom is -0.490 e. The molecule has 1 aliphatic rings. The molecule has 1 aromatic heterocycles. The van der Waals surface area contributed by atoms with Crippen molar-refractivity contribution < 1.29 is 4.74 Å². The van der Waals surface area contributed by atoms with Crippen LogP contribution in [0, 0.1) is 0 Å². The van der Waals surface area contributed by atoms with Crippen LogP contribution in [0.25, 0.3) is 0 Å². The van der Waals surface area contributed by atoms with E-state index in [0.717, 1.165) is 26.2 Å². The lowest BCUT2D eigenvalue weighted by molar-refractivity contribution is 0.314. The summed E-state index contributed by atoms with van der Waals surface area (Å²) in [6.07, 6.45) is 1.44. The predicted molar refractivity (Wildman–Crippen MR) is 75.3 cm³/mol. The van der Waals surface area contributed by atoms with Crippen LogP contribution in [0.1, 0.15) is 0 Å². The van der Waals surface area contributed by atoms with Crippen molar-refractivity contribution in [2.75, 3.05) is 55.8 Å². The molecule has 1 saturated heterocycles. The van der Waals surface area contributed by atoms with Crippen LogP contribution in [-0.4, -0.2) is 59.7 Å². The van der Waals surface area contributed by atoms with Crippen LogP contribution in [0.15, 0.2) is 6.33 Å². The molecule has 2 rings (SSSR count).